The maximum absolute atomic E-state index is 4.73. The molecule has 2 heterocycles. The summed E-state index contributed by atoms with van der Waals surface area (Å²) in [5.74, 6) is 0. The molecule has 0 aliphatic carbocycles. The summed E-state index contributed by atoms with van der Waals surface area (Å²) in [6.07, 6.45) is 1.23. The second-order valence-electron chi connectivity index (χ2n) is 4.61. The third-order valence-electron chi connectivity index (χ3n) is 3.27. The largest absolute Gasteiger partial charge is 0.347 e. The van der Waals surface area contributed by atoms with Gasteiger partial charge < -0.3 is 9.80 Å². The van der Waals surface area contributed by atoms with Crippen molar-refractivity contribution in [3.63, 3.8) is 0 Å². The van der Waals surface area contributed by atoms with Gasteiger partial charge in [-0.25, -0.2) is 4.98 Å². The molecule has 4 heteroatoms. The Morgan fingerprint density at radius 3 is 2.88 bits per heavy atom. The highest BCUT2D eigenvalue weighted by Gasteiger charge is 2.15. The maximum atomic E-state index is 4.73. The molecule has 0 bridgehead atoms. The van der Waals surface area contributed by atoms with Gasteiger partial charge in [-0.05, 0) is 32.1 Å². The van der Waals surface area contributed by atoms with E-state index >= 15 is 0 Å². The predicted octanol–water partition coefficient (Wildman–Crippen LogP) is 2.44. The molecule has 0 N–H and O–H groups in total. The quantitative estimate of drug-likeness (QED) is 0.771. The molecule has 0 saturated carbocycles. The molecule has 1 fully saturated rings. The van der Waals surface area contributed by atoms with Crippen LogP contribution in [0.2, 0.25) is 0 Å². The topological polar surface area (TPSA) is 19.4 Å². The Morgan fingerprint density at radius 1 is 1.12 bits per heavy atom. The number of likely N-dealkylation sites (N-methyl/N-ethyl adjacent to an activating group) is 1. The van der Waals surface area contributed by atoms with Crippen LogP contribution in [0, 0.1) is 0 Å². The van der Waals surface area contributed by atoms with E-state index in [-0.39, 0.29) is 0 Å². The van der Waals surface area contributed by atoms with Crippen molar-refractivity contribution in [2.45, 2.75) is 6.42 Å². The van der Waals surface area contributed by atoms with E-state index < -0.39 is 0 Å². The third-order valence-corrected chi connectivity index (χ3v) is 4.37. The molecular formula is C13H17N3S. The zero-order chi connectivity index (χ0) is 11.7. The summed E-state index contributed by atoms with van der Waals surface area (Å²) in [5, 5.41) is 1.18. The van der Waals surface area contributed by atoms with Crippen molar-refractivity contribution in [1.82, 2.24) is 9.88 Å². The van der Waals surface area contributed by atoms with Gasteiger partial charge in [-0.2, -0.15) is 0 Å². The van der Waals surface area contributed by atoms with Crippen LogP contribution in [-0.2, 0) is 0 Å². The summed E-state index contributed by atoms with van der Waals surface area (Å²) in [6.45, 7) is 4.55. The van der Waals surface area contributed by atoms with Gasteiger partial charge in [-0.15, -0.1) is 0 Å². The summed E-state index contributed by atoms with van der Waals surface area (Å²) < 4.78 is 1.29. The van der Waals surface area contributed by atoms with Crippen molar-refractivity contribution in [3.05, 3.63) is 24.3 Å². The van der Waals surface area contributed by atoms with Gasteiger partial charge in [-0.3, -0.25) is 0 Å². The zero-order valence-electron chi connectivity index (χ0n) is 10.1. The van der Waals surface area contributed by atoms with Gasteiger partial charge in [0.15, 0.2) is 5.13 Å². The molecule has 1 aromatic carbocycles. The number of aromatic nitrogens is 1. The third kappa shape index (κ3) is 2.28. The number of thiazole rings is 1. The van der Waals surface area contributed by atoms with Crippen molar-refractivity contribution in [3.8, 4) is 0 Å². The van der Waals surface area contributed by atoms with E-state index in [2.05, 4.69) is 41.1 Å². The monoisotopic (exact) mass is 247 g/mol. The highest BCUT2D eigenvalue weighted by Crippen LogP contribution is 2.28. The lowest BCUT2D eigenvalue weighted by Gasteiger charge is -2.18. The first-order valence-corrected chi connectivity index (χ1v) is 6.94. The van der Waals surface area contributed by atoms with Gasteiger partial charge in [0, 0.05) is 19.6 Å². The van der Waals surface area contributed by atoms with Gasteiger partial charge in [-0.1, -0.05) is 23.5 Å². The highest BCUT2D eigenvalue weighted by molar-refractivity contribution is 7.22. The second kappa shape index (κ2) is 4.63. The molecular weight excluding hydrogens is 230 g/mol. The number of hydrogen-bond acceptors (Lipinski definition) is 4. The fourth-order valence-electron chi connectivity index (χ4n) is 2.23. The van der Waals surface area contributed by atoms with E-state index in [1.807, 2.05) is 11.3 Å². The molecule has 1 aliphatic rings. The Labute approximate surface area is 106 Å². The molecule has 2 aromatic rings. The molecule has 0 atom stereocenters. The molecule has 0 spiro atoms. The summed E-state index contributed by atoms with van der Waals surface area (Å²) in [4.78, 5) is 9.55. The van der Waals surface area contributed by atoms with Crippen LogP contribution < -0.4 is 4.90 Å². The first-order valence-electron chi connectivity index (χ1n) is 6.12. The fraction of sp³-hybridized carbons (Fsp3) is 0.462. The summed E-state index contributed by atoms with van der Waals surface area (Å²) in [5.41, 5.74) is 1.13. The molecule has 90 valence electrons. The van der Waals surface area contributed by atoms with E-state index in [4.69, 9.17) is 4.98 Å². The number of para-hydroxylation sites is 1. The number of nitrogens with zero attached hydrogens (tertiary/aromatic N) is 3. The number of fused-ring (bicyclic) bond motifs is 1. The van der Waals surface area contributed by atoms with E-state index in [0.717, 1.165) is 25.2 Å². The summed E-state index contributed by atoms with van der Waals surface area (Å²) in [6, 6.07) is 8.39. The molecule has 0 radical (unpaired) electrons. The van der Waals surface area contributed by atoms with E-state index in [1.54, 1.807) is 0 Å². The Bertz CT molecular complexity index is 475. The Balaban J connectivity index is 1.87. The van der Waals surface area contributed by atoms with E-state index in [0.29, 0.717) is 0 Å². The molecule has 1 saturated heterocycles. The maximum Gasteiger partial charge on any atom is 0.186 e. The molecule has 3 rings (SSSR count). The zero-order valence-corrected chi connectivity index (χ0v) is 10.9. The summed E-state index contributed by atoms with van der Waals surface area (Å²) in [7, 11) is 2.20. The lowest BCUT2D eigenvalue weighted by Crippen LogP contribution is -2.28. The van der Waals surface area contributed by atoms with Crippen molar-refractivity contribution in [2.24, 2.45) is 0 Å². The minimum absolute atomic E-state index is 1.09. The Morgan fingerprint density at radius 2 is 2.00 bits per heavy atom. The lowest BCUT2D eigenvalue weighted by atomic mass is 10.3. The van der Waals surface area contributed by atoms with Crippen LogP contribution in [0.5, 0.6) is 0 Å². The summed E-state index contributed by atoms with van der Waals surface area (Å²) >= 11 is 1.81. The molecule has 17 heavy (non-hydrogen) atoms. The minimum atomic E-state index is 1.09. The van der Waals surface area contributed by atoms with Crippen molar-refractivity contribution in [1.29, 1.82) is 0 Å². The van der Waals surface area contributed by atoms with Gasteiger partial charge in [0.05, 0.1) is 10.2 Å². The molecule has 1 aliphatic heterocycles. The van der Waals surface area contributed by atoms with Crippen molar-refractivity contribution < 1.29 is 0 Å². The fourth-order valence-corrected chi connectivity index (χ4v) is 3.25. The van der Waals surface area contributed by atoms with Crippen LogP contribution in [0.4, 0.5) is 5.13 Å². The smallest absolute Gasteiger partial charge is 0.186 e. The number of benzene rings is 1. The second-order valence-corrected chi connectivity index (χ2v) is 5.62. The van der Waals surface area contributed by atoms with Gasteiger partial charge >= 0.3 is 0 Å². The molecule has 0 unspecified atom stereocenters. The predicted molar refractivity (Wildman–Crippen MR) is 73.9 cm³/mol. The molecule has 0 amide bonds. The average Bonchev–Trinajstić information content (AvgIpc) is 2.65. The van der Waals surface area contributed by atoms with E-state index in [9.17, 15) is 0 Å². The van der Waals surface area contributed by atoms with Crippen LogP contribution in [0.3, 0.4) is 0 Å². The normalized spacial score (nSPS) is 18.5. The lowest BCUT2D eigenvalue weighted by molar-refractivity contribution is 0.360. The van der Waals surface area contributed by atoms with Crippen LogP contribution in [-0.4, -0.2) is 43.1 Å². The Hall–Kier alpha value is -1.13. The SMILES string of the molecule is CN1CCCN(c2nc3ccccc3s2)CC1. The van der Waals surface area contributed by atoms with Crippen LogP contribution in [0.25, 0.3) is 10.2 Å². The van der Waals surface area contributed by atoms with Gasteiger partial charge in [0.1, 0.15) is 0 Å². The van der Waals surface area contributed by atoms with Crippen LogP contribution in [0.15, 0.2) is 24.3 Å². The van der Waals surface area contributed by atoms with Crippen molar-refractivity contribution in [2.75, 3.05) is 38.1 Å². The molecule has 3 nitrogen and oxygen atoms in total. The van der Waals surface area contributed by atoms with Gasteiger partial charge in [0.25, 0.3) is 0 Å². The van der Waals surface area contributed by atoms with Crippen molar-refractivity contribution >= 4 is 26.7 Å². The van der Waals surface area contributed by atoms with E-state index in [1.165, 1.54) is 22.8 Å². The standard InChI is InChI=1S/C13H17N3S/c1-15-7-4-8-16(10-9-15)13-14-11-5-2-3-6-12(11)17-13/h2-3,5-6H,4,7-10H2,1H3. The average molecular weight is 247 g/mol. The molecule has 1 aromatic heterocycles. The highest BCUT2D eigenvalue weighted by atomic mass is 32.1. The first-order chi connectivity index (χ1) is 8.33. The van der Waals surface area contributed by atoms with Gasteiger partial charge in [0.2, 0.25) is 0 Å². The minimum Gasteiger partial charge on any atom is -0.347 e. The first kappa shape index (κ1) is 11.0. The number of anilines is 1. The van der Waals surface area contributed by atoms with Crippen LogP contribution >= 0.6 is 11.3 Å². The number of hydrogen-bond donors (Lipinski definition) is 0. The Kier molecular flexibility index (Phi) is 2.99. The van der Waals surface area contributed by atoms with Crippen LogP contribution in [0.1, 0.15) is 6.42 Å². The number of rotatable bonds is 1.